The number of benzene rings is 1. The average Bonchev–Trinajstić information content (AvgIpc) is 2.24. The van der Waals surface area contributed by atoms with E-state index in [1.165, 1.54) is 6.07 Å². The van der Waals surface area contributed by atoms with Gasteiger partial charge >= 0.3 is 0 Å². The van der Waals surface area contributed by atoms with Crippen LogP contribution in [0.2, 0.25) is 0 Å². The van der Waals surface area contributed by atoms with Gasteiger partial charge in [-0.3, -0.25) is 4.90 Å². The molecule has 0 saturated carbocycles. The van der Waals surface area contributed by atoms with E-state index in [2.05, 4.69) is 25.7 Å². The molecule has 1 aromatic carbocycles. The molecule has 0 spiro atoms. The van der Waals surface area contributed by atoms with Crippen LogP contribution in [0.5, 0.6) is 0 Å². The van der Waals surface area contributed by atoms with E-state index in [9.17, 15) is 8.78 Å². The fourth-order valence-electron chi connectivity index (χ4n) is 2.18. The Morgan fingerprint density at radius 1 is 1.18 bits per heavy atom. The van der Waals surface area contributed by atoms with Crippen molar-refractivity contribution in [2.75, 3.05) is 6.54 Å². The monoisotopic (exact) mass is 241 g/mol. The number of nitrogens with zero attached hydrogens (tertiary/aromatic N) is 1. The van der Waals surface area contributed by atoms with E-state index < -0.39 is 11.6 Å². The second-order valence-electron chi connectivity index (χ2n) is 4.67. The quantitative estimate of drug-likeness (QED) is 0.748. The highest BCUT2D eigenvalue weighted by molar-refractivity contribution is 5.21. The van der Waals surface area contributed by atoms with E-state index in [0.29, 0.717) is 11.6 Å². The van der Waals surface area contributed by atoms with Gasteiger partial charge in [0.15, 0.2) is 0 Å². The lowest BCUT2D eigenvalue weighted by Crippen LogP contribution is -2.34. The topological polar surface area (TPSA) is 3.24 Å². The molecular formula is C14H21F2N. The van der Waals surface area contributed by atoms with Crippen molar-refractivity contribution in [3.05, 3.63) is 35.4 Å². The summed E-state index contributed by atoms with van der Waals surface area (Å²) in [6.45, 7) is 9.16. The van der Waals surface area contributed by atoms with E-state index in [1.807, 2.05) is 6.92 Å². The molecule has 3 heteroatoms. The van der Waals surface area contributed by atoms with E-state index in [1.54, 1.807) is 6.07 Å². The van der Waals surface area contributed by atoms with Crippen LogP contribution in [0.4, 0.5) is 8.78 Å². The van der Waals surface area contributed by atoms with Gasteiger partial charge in [-0.15, -0.1) is 0 Å². The van der Waals surface area contributed by atoms with Crippen LogP contribution < -0.4 is 0 Å². The lowest BCUT2D eigenvalue weighted by atomic mass is 10.0. The van der Waals surface area contributed by atoms with Crippen molar-refractivity contribution in [2.45, 2.75) is 46.2 Å². The Hall–Kier alpha value is -0.960. The number of hydrogen-bond acceptors (Lipinski definition) is 1. The van der Waals surface area contributed by atoms with Crippen molar-refractivity contribution < 1.29 is 8.78 Å². The van der Waals surface area contributed by atoms with E-state index in [0.717, 1.165) is 19.0 Å². The molecule has 1 atom stereocenters. The first-order valence-electron chi connectivity index (χ1n) is 6.18. The van der Waals surface area contributed by atoms with Crippen molar-refractivity contribution in [3.8, 4) is 0 Å². The molecule has 0 bridgehead atoms. The molecule has 0 aliphatic heterocycles. The average molecular weight is 241 g/mol. The summed E-state index contributed by atoms with van der Waals surface area (Å²) in [7, 11) is 0. The van der Waals surface area contributed by atoms with Gasteiger partial charge in [-0.05, 0) is 39.8 Å². The molecule has 0 amide bonds. The van der Waals surface area contributed by atoms with Gasteiger partial charge in [-0.1, -0.05) is 13.0 Å². The predicted molar refractivity (Wildman–Crippen MR) is 66.9 cm³/mol. The Morgan fingerprint density at radius 2 is 1.82 bits per heavy atom. The van der Waals surface area contributed by atoms with Gasteiger partial charge in [0.1, 0.15) is 11.6 Å². The van der Waals surface area contributed by atoms with Crippen LogP contribution >= 0.6 is 0 Å². The van der Waals surface area contributed by atoms with Gasteiger partial charge in [-0.25, -0.2) is 8.78 Å². The Balaban J connectivity index is 2.96. The van der Waals surface area contributed by atoms with Gasteiger partial charge in [0.25, 0.3) is 0 Å². The molecular weight excluding hydrogens is 220 g/mol. The van der Waals surface area contributed by atoms with Crippen LogP contribution in [0.15, 0.2) is 18.2 Å². The van der Waals surface area contributed by atoms with Gasteiger partial charge in [0.05, 0.1) is 0 Å². The van der Waals surface area contributed by atoms with E-state index in [4.69, 9.17) is 0 Å². The summed E-state index contributed by atoms with van der Waals surface area (Å²) in [5.74, 6) is -0.982. The molecule has 96 valence electrons. The Kier molecular flexibility index (Phi) is 5.06. The molecule has 0 fully saturated rings. The first-order chi connectivity index (χ1) is 7.97. The van der Waals surface area contributed by atoms with Crippen molar-refractivity contribution >= 4 is 0 Å². The van der Waals surface area contributed by atoms with Crippen LogP contribution in [0, 0.1) is 11.6 Å². The molecule has 0 aliphatic carbocycles. The first-order valence-corrected chi connectivity index (χ1v) is 6.18. The Labute approximate surface area is 102 Å². The third kappa shape index (κ3) is 3.50. The van der Waals surface area contributed by atoms with E-state index in [-0.39, 0.29) is 6.04 Å². The Bertz CT molecular complexity index is 363. The maximum atomic E-state index is 13.7. The summed E-state index contributed by atoms with van der Waals surface area (Å²) in [5.41, 5.74) is 0.563. The fourth-order valence-corrected chi connectivity index (χ4v) is 2.18. The second kappa shape index (κ2) is 6.10. The summed E-state index contributed by atoms with van der Waals surface area (Å²) < 4.78 is 26.6. The molecule has 1 aromatic rings. The zero-order chi connectivity index (χ0) is 13.0. The minimum atomic E-state index is -0.523. The van der Waals surface area contributed by atoms with Crippen LogP contribution in [-0.2, 0) is 0 Å². The van der Waals surface area contributed by atoms with Gasteiger partial charge < -0.3 is 0 Å². The summed E-state index contributed by atoms with van der Waals surface area (Å²) >= 11 is 0. The standard InChI is InChI=1S/C14H21F2N/c1-5-8-17(10(2)3)11(4)13-7-6-12(15)9-14(13)16/h6-7,9-11H,5,8H2,1-4H3. The highest BCUT2D eigenvalue weighted by atomic mass is 19.1. The lowest BCUT2D eigenvalue weighted by molar-refractivity contribution is 0.162. The third-order valence-electron chi connectivity index (χ3n) is 3.06. The smallest absolute Gasteiger partial charge is 0.130 e. The largest absolute Gasteiger partial charge is 0.294 e. The van der Waals surface area contributed by atoms with Crippen LogP contribution in [0.25, 0.3) is 0 Å². The molecule has 0 heterocycles. The van der Waals surface area contributed by atoms with Gasteiger partial charge in [0.2, 0.25) is 0 Å². The molecule has 0 radical (unpaired) electrons. The van der Waals surface area contributed by atoms with Crippen LogP contribution in [0.3, 0.4) is 0 Å². The zero-order valence-electron chi connectivity index (χ0n) is 11.0. The number of hydrogen-bond donors (Lipinski definition) is 0. The van der Waals surface area contributed by atoms with Crippen molar-refractivity contribution in [3.63, 3.8) is 0 Å². The molecule has 1 unspecified atom stereocenters. The fraction of sp³-hybridized carbons (Fsp3) is 0.571. The second-order valence-corrected chi connectivity index (χ2v) is 4.67. The highest BCUT2D eigenvalue weighted by Gasteiger charge is 2.20. The number of halogens is 2. The zero-order valence-corrected chi connectivity index (χ0v) is 11.0. The van der Waals surface area contributed by atoms with Crippen molar-refractivity contribution in [1.82, 2.24) is 4.90 Å². The van der Waals surface area contributed by atoms with Crippen LogP contribution in [-0.4, -0.2) is 17.5 Å². The molecule has 17 heavy (non-hydrogen) atoms. The third-order valence-corrected chi connectivity index (χ3v) is 3.06. The van der Waals surface area contributed by atoms with E-state index >= 15 is 0 Å². The SMILES string of the molecule is CCCN(C(C)C)C(C)c1ccc(F)cc1F. The molecule has 0 aromatic heterocycles. The van der Waals surface area contributed by atoms with Crippen molar-refractivity contribution in [1.29, 1.82) is 0 Å². The molecule has 0 saturated heterocycles. The van der Waals surface area contributed by atoms with Crippen molar-refractivity contribution in [2.24, 2.45) is 0 Å². The summed E-state index contributed by atoms with van der Waals surface area (Å²) in [6, 6.07) is 4.13. The Morgan fingerprint density at radius 3 is 2.29 bits per heavy atom. The van der Waals surface area contributed by atoms with Gasteiger partial charge in [-0.2, -0.15) is 0 Å². The highest BCUT2D eigenvalue weighted by Crippen LogP contribution is 2.25. The summed E-state index contributed by atoms with van der Waals surface area (Å²) in [4.78, 5) is 2.22. The predicted octanol–water partition coefficient (Wildman–Crippen LogP) is 4.15. The maximum Gasteiger partial charge on any atom is 0.130 e. The van der Waals surface area contributed by atoms with Crippen LogP contribution in [0.1, 0.15) is 45.7 Å². The first kappa shape index (κ1) is 14.1. The minimum Gasteiger partial charge on any atom is -0.294 e. The normalized spacial score (nSPS) is 13.4. The lowest BCUT2D eigenvalue weighted by Gasteiger charge is -2.32. The molecule has 0 N–H and O–H groups in total. The molecule has 0 aliphatic rings. The number of rotatable bonds is 5. The summed E-state index contributed by atoms with van der Waals surface area (Å²) in [5, 5.41) is 0. The summed E-state index contributed by atoms with van der Waals surface area (Å²) in [6.07, 6.45) is 1.02. The maximum absolute atomic E-state index is 13.7. The molecule has 1 rings (SSSR count). The molecule has 1 nitrogen and oxygen atoms in total. The minimum absolute atomic E-state index is 0.0319. The van der Waals surface area contributed by atoms with Gasteiger partial charge in [0, 0.05) is 23.7 Å².